The highest BCUT2D eigenvalue weighted by Crippen LogP contribution is 2.26. The van der Waals surface area contributed by atoms with E-state index < -0.39 is 0 Å². The van der Waals surface area contributed by atoms with Gasteiger partial charge in [0.15, 0.2) is 0 Å². The fourth-order valence-electron chi connectivity index (χ4n) is 1.66. The van der Waals surface area contributed by atoms with E-state index in [9.17, 15) is 4.79 Å². The van der Waals surface area contributed by atoms with Gasteiger partial charge in [-0.25, -0.2) is 0 Å². The molecule has 0 spiro atoms. The smallest absolute Gasteiger partial charge is 0.237 e. The standard InChI is InChI=1S/C11H13BrN2OS/c12-8-2-1-3-9(4-8)14-6-10(5-13)16-7-11(14)15/h1-4,10H,5-7,13H2. The zero-order valence-corrected chi connectivity index (χ0v) is 11.1. The van der Waals surface area contributed by atoms with E-state index in [0.717, 1.165) is 10.2 Å². The van der Waals surface area contributed by atoms with Gasteiger partial charge in [-0.05, 0) is 18.2 Å². The van der Waals surface area contributed by atoms with Gasteiger partial charge in [0.25, 0.3) is 0 Å². The van der Waals surface area contributed by atoms with Crippen LogP contribution in [0.1, 0.15) is 0 Å². The summed E-state index contributed by atoms with van der Waals surface area (Å²) in [7, 11) is 0. The first-order valence-corrected chi connectivity index (χ1v) is 6.92. The maximum atomic E-state index is 11.8. The summed E-state index contributed by atoms with van der Waals surface area (Å²) in [6.45, 7) is 1.32. The molecule has 1 fully saturated rings. The molecule has 2 N–H and O–H groups in total. The highest BCUT2D eigenvalue weighted by atomic mass is 79.9. The molecule has 3 nitrogen and oxygen atoms in total. The van der Waals surface area contributed by atoms with Crippen LogP contribution in [0.15, 0.2) is 28.7 Å². The van der Waals surface area contributed by atoms with Crippen molar-refractivity contribution in [1.82, 2.24) is 0 Å². The summed E-state index contributed by atoms with van der Waals surface area (Å²) in [5.74, 6) is 0.682. The number of nitrogens with two attached hydrogens (primary N) is 1. The Bertz CT molecular complexity index is 399. The molecule has 1 aliphatic heterocycles. The molecule has 1 atom stereocenters. The Hall–Kier alpha value is -0.520. The Labute approximate surface area is 108 Å². The van der Waals surface area contributed by atoms with Gasteiger partial charge in [-0.1, -0.05) is 22.0 Å². The quantitative estimate of drug-likeness (QED) is 0.907. The SMILES string of the molecule is NCC1CN(c2cccc(Br)c2)C(=O)CS1. The molecule has 0 saturated carbocycles. The molecule has 0 aromatic heterocycles. The van der Waals surface area contributed by atoms with E-state index in [2.05, 4.69) is 15.9 Å². The Balaban J connectivity index is 2.21. The summed E-state index contributed by atoms with van der Waals surface area (Å²) < 4.78 is 0.986. The molecular formula is C11H13BrN2OS. The van der Waals surface area contributed by atoms with Crippen LogP contribution in [0.3, 0.4) is 0 Å². The number of halogens is 1. The second kappa shape index (κ2) is 5.21. The van der Waals surface area contributed by atoms with Crippen LogP contribution < -0.4 is 10.6 Å². The number of thioether (sulfide) groups is 1. The number of hydrogen-bond donors (Lipinski definition) is 1. The van der Waals surface area contributed by atoms with Gasteiger partial charge in [0.2, 0.25) is 5.91 Å². The zero-order valence-electron chi connectivity index (χ0n) is 8.73. The van der Waals surface area contributed by atoms with Crippen molar-refractivity contribution in [2.45, 2.75) is 5.25 Å². The van der Waals surface area contributed by atoms with Crippen molar-refractivity contribution in [3.63, 3.8) is 0 Å². The molecule has 0 radical (unpaired) electrons. The van der Waals surface area contributed by atoms with Gasteiger partial charge < -0.3 is 10.6 Å². The first-order chi connectivity index (χ1) is 7.70. The molecule has 1 amide bonds. The van der Waals surface area contributed by atoms with Crippen LogP contribution in [-0.4, -0.2) is 30.0 Å². The highest BCUT2D eigenvalue weighted by Gasteiger charge is 2.26. The van der Waals surface area contributed by atoms with Crippen molar-refractivity contribution in [3.05, 3.63) is 28.7 Å². The summed E-state index contributed by atoms with van der Waals surface area (Å²) in [6.07, 6.45) is 0. The average Bonchev–Trinajstić information content (AvgIpc) is 2.30. The molecule has 1 unspecified atom stereocenters. The van der Waals surface area contributed by atoms with Gasteiger partial charge in [0.1, 0.15) is 0 Å². The van der Waals surface area contributed by atoms with E-state index in [0.29, 0.717) is 24.1 Å². The van der Waals surface area contributed by atoms with E-state index >= 15 is 0 Å². The summed E-state index contributed by atoms with van der Waals surface area (Å²) in [4.78, 5) is 13.6. The molecule has 2 rings (SSSR count). The third-order valence-corrected chi connectivity index (χ3v) is 4.23. The van der Waals surface area contributed by atoms with Crippen molar-refractivity contribution in [2.75, 3.05) is 23.7 Å². The van der Waals surface area contributed by atoms with Gasteiger partial charge in [-0.3, -0.25) is 4.79 Å². The van der Waals surface area contributed by atoms with Gasteiger partial charge >= 0.3 is 0 Å². The first-order valence-electron chi connectivity index (χ1n) is 5.08. The van der Waals surface area contributed by atoms with Crippen molar-refractivity contribution < 1.29 is 4.79 Å². The molecular weight excluding hydrogens is 288 g/mol. The number of carbonyl (C=O) groups excluding carboxylic acids is 1. The number of benzene rings is 1. The van der Waals surface area contributed by atoms with Gasteiger partial charge in [0.05, 0.1) is 5.75 Å². The second-order valence-electron chi connectivity index (χ2n) is 3.65. The molecule has 1 aliphatic rings. The second-order valence-corrected chi connectivity index (χ2v) is 5.86. The normalized spacial score (nSPS) is 21.2. The van der Waals surface area contributed by atoms with Crippen LogP contribution in [0.5, 0.6) is 0 Å². The lowest BCUT2D eigenvalue weighted by Gasteiger charge is -2.31. The molecule has 1 heterocycles. The van der Waals surface area contributed by atoms with Crippen molar-refractivity contribution >= 4 is 39.3 Å². The molecule has 1 aromatic carbocycles. The van der Waals surface area contributed by atoms with Crippen LogP contribution in [0.4, 0.5) is 5.69 Å². The van der Waals surface area contributed by atoms with Gasteiger partial charge in [-0.2, -0.15) is 0 Å². The van der Waals surface area contributed by atoms with E-state index in [-0.39, 0.29) is 5.91 Å². The number of rotatable bonds is 2. The minimum absolute atomic E-state index is 0.160. The fraction of sp³-hybridized carbons (Fsp3) is 0.364. The number of hydrogen-bond acceptors (Lipinski definition) is 3. The van der Waals surface area contributed by atoms with Crippen LogP contribution in [-0.2, 0) is 4.79 Å². The highest BCUT2D eigenvalue weighted by molar-refractivity contribution is 9.10. The van der Waals surface area contributed by atoms with Gasteiger partial charge in [0, 0.05) is 28.5 Å². The summed E-state index contributed by atoms with van der Waals surface area (Å²) in [6, 6.07) is 7.80. The third-order valence-electron chi connectivity index (χ3n) is 2.51. The number of amides is 1. The Morgan fingerprint density at radius 1 is 1.56 bits per heavy atom. The molecule has 1 aromatic rings. The minimum Gasteiger partial charge on any atom is -0.329 e. The van der Waals surface area contributed by atoms with Crippen LogP contribution in [0.25, 0.3) is 0 Å². The van der Waals surface area contributed by atoms with Crippen molar-refractivity contribution in [2.24, 2.45) is 5.73 Å². The lowest BCUT2D eigenvalue weighted by atomic mass is 10.2. The minimum atomic E-state index is 0.160. The Kier molecular flexibility index (Phi) is 3.89. The molecule has 1 saturated heterocycles. The largest absolute Gasteiger partial charge is 0.329 e. The van der Waals surface area contributed by atoms with Crippen molar-refractivity contribution in [1.29, 1.82) is 0 Å². The summed E-state index contributed by atoms with van der Waals surface area (Å²) in [5.41, 5.74) is 6.59. The van der Waals surface area contributed by atoms with E-state index in [1.165, 1.54) is 0 Å². The summed E-state index contributed by atoms with van der Waals surface area (Å²) >= 11 is 5.06. The number of nitrogens with zero attached hydrogens (tertiary/aromatic N) is 1. The monoisotopic (exact) mass is 300 g/mol. The van der Waals surface area contributed by atoms with E-state index in [1.807, 2.05) is 29.2 Å². The number of anilines is 1. The maximum Gasteiger partial charge on any atom is 0.237 e. The van der Waals surface area contributed by atoms with Crippen LogP contribution in [0, 0.1) is 0 Å². The zero-order chi connectivity index (χ0) is 11.5. The Morgan fingerprint density at radius 3 is 3.06 bits per heavy atom. The van der Waals surface area contributed by atoms with E-state index in [4.69, 9.17) is 5.73 Å². The average molecular weight is 301 g/mol. The maximum absolute atomic E-state index is 11.8. The molecule has 0 aliphatic carbocycles. The Morgan fingerprint density at radius 2 is 2.38 bits per heavy atom. The topological polar surface area (TPSA) is 46.3 Å². The molecule has 16 heavy (non-hydrogen) atoms. The lowest BCUT2D eigenvalue weighted by molar-refractivity contribution is -0.116. The third kappa shape index (κ3) is 2.59. The van der Waals surface area contributed by atoms with Crippen LogP contribution >= 0.6 is 27.7 Å². The lowest BCUT2D eigenvalue weighted by Crippen LogP contribution is -2.45. The summed E-state index contributed by atoms with van der Waals surface area (Å²) in [5, 5.41) is 0.344. The van der Waals surface area contributed by atoms with Gasteiger partial charge in [-0.15, -0.1) is 11.8 Å². The molecule has 5 heteroatoms. The van der Waals surface area contributed by atoms with Crippen LogP contribution in [0.2, 0.25) is 0 Å². The van der Waals surface area contributed by atoms with E-state index in [1.54, 1.807) is 11.8 Å². The fourth-order valence-corrected chi connectivity index (χ4v) is 2.97. The molecule has 0 bridgehead atoms. The molecule has 86 valence electrons. The predicted molar refractivity (Wildman–Crippen MR) is 71.8 cm³/mol. The first kappa shape index (κ1) is 12.0. The van der Waals surface area contributed by atoms with Crippen molar-refractivity contribution in [3.8, 4) is 0 Å². The number of carbonyl (C=O) groups is 1. The predicted octanol–water partition coefficient (Wildman–Crippen LogP) is 1.86.